The Morgan fingerprint density at radius 2 is 2.06 bits per heavy atom. The van der Waals surface area contributed by atoms with Crippen molar-refractivity contribution in [2.24, 2.45) is 5.73 Å². The Hall–Kier alpha value is -0.290. The normalized spacial score (nSPS) is 12.6. The fourth-order valence-electron chi connectivity index (χ4n) is 1.47. The van der Waals surface area contributed by atoms with Crippen LogP contribution in [-0.4, -0.2) is 5.75 Å². The predicted octanol–water partition coefficient (Wildman–Crippen LogP) is 4.61. The molecule has 1 heterocycles. The second-order valence-corrected chi connectivity index (χ2v) is 6.99. The Morgan fingerprint density at radius 1 is 1.35 bits per heavy atom. The molecule has 17 heavy (non-hydrogen) atoms. The fourth-order valence-corrected chi connectivity index (χ4v) is 3.40. The predicted molar refractivity (Wildman–Crippen MR) is 80.9 cm³/mol. The van der Waals surface area contributed by atoms with Crippen molar-refractivity contribution in [3.63, 3.8) is 0 Å². The van der Waals surface area contributed by atoms with Gasteiger partial charge >= 0.3 is 0 Å². The van der Waals surface area contributed by atoms with Crippen molar-refractivity contribution in [1.82, 2.24) is 0 Å². The second kappa shape index (κ2) is 6.05. The molecule has 0 aliphatic heterocycles. The van der Waals surface area contributed by atoms with Crippen LogP contribution in [0, 0.1) is 6.92 Å². The quantitative estimate of drug-likeness (QED) is 0.830. The Bertz CT molecular complexity index is 478. The molecular weight excluding hydrogens is 314 g/mol. The molecule has 0 saturated heterocycles. The Balaban J connectivity index is 1.92. The highest BCUT2D eigenvalue weighted by Gasteiger charge is 2.08. The number of hydrogen-bond donors (Lipinski definition) is 1. The lowest BCUT2D eigenvalue weighted by Crippen LogP contribution is -2.11. The number of nitrogens with two attached hydrogens (primary N) is 1. The van der Waals surface area contributed by atoms with E-state index in [1.807, 2.05) is 0 Å². The minimum Gasteiger partial charge on any atom is -0.323 e. The zero-order valence-electron chi connectivity index (χ0n) is 9.52. The third-order valence-electron chi connectivity index (χ3n) is 2.42. The van der Waals surface area contributed by atoms with E-state index in [9.17, 15) is 0 Å². The molecule has 0 amide bonds. The van der Waals surface area contributed by atoms with Crippen molar-refractivity contribution < 1.29 is 0 Å². The van der Waals surface area contributed by atoms with Gasteiger partial charge in [-0.2, -0.15) is 0 Å². The second-order valence-electron chi connectivity index (χ2n) is 3.86. The maximum Gasteiger partial charge on any atom is 0.0398 e. The van der Waals surface area contributed by atoms with Crippen LogP contribution in [0.5, 0.6) is 0 Å². The molecule has 1 nitrogen and oxygen atoms in total. The number of aryl methyl sites for hydroxylation is 1. The van der Waals surface area contributed by atoms with Crippen molar-refractivity contribution >= 4 is 39.0 Å². The van der Waals surface area contributed by atoms with Gasteiger partial charge in [0, 0.05) is 26.0 Å². The highest BCUT2D eigenvalue weighted by atomic mass is 79.9. The lowest BCUT2D eigenvalue weighted by molar-refractivity contribution is 0.835. The van der Waals surface area contributed by atoms with E-state index in [-0.39, 0.29) is 6.04 Å². The lowest BCUT2D eigenvalue weighted by atomic mass is 10.2. The van der Waals surface area contributed by atoms with Crippen molar-refractivity contribution in [2.75, 3.05) is 5.75 Å². The molecule has 0 radical (unpaired) electrons. The summed E-state index contributed by atoms with van der Waals surface area (Å²) < 4.78 is 1.11. The van der Waals surface area contributed by atoms with Crippen LogP contribution in [0.2, 0.25) is 0 Å². The summed E-state index contributed by atoms with van der Waals surface area (Å²) in [6, 6.07) is 10.6. The summed E-state index contributed by atoms with van der Waals surface area (Å²) in [5, 5.41) is 2.15. The Morgan fingerprint density at radius 3 is 2.65 bits per heavy atom. The standard InChI is InChI=1S/C13H14BrNS2/c1-9-6-10(7-16-9)13(15)8-17-12-4-2-11(14)3-5-12/h2-7,13H,8,15H2,1H3. The van der Waals surface area contributed by atoms with Crippen molar-refractivity contribution in [3.05, 3.63) is 50.6 Å². The van der Waals surface area contributed by atoms with Crippen LogP contribution in [0.15, 0.2) is 45.1 Å². The summed E-state index contributed by atoms with van der Waals surface area (Å²) in [5.41, 5.74) is 7.41. The molecule has 1 unspecified atom stereocenters. The molecule has 0 bridgehead atoms. The van der Waals surface area contributed by atoms with Crippen LogP contribution < -0.4 is 5.73 Å². The average molecular weight is 328 g/mol. The maximum atomic E-state index is 6.16. The van der Waals surface area contributed by atoms with Gasteiger partial charge in [-0.25, -0.2) is 0 Å². The maximum absolute atomic E-state index is 6.16. The number of thioether (sulfide) groups is 1. The highest BCUT2D eigenvalue weighted by Crippen LogP contribution is 2.26. The van der Waals surface area contributed by atoms with E-state index in [4.69, 9.17) is 5.73 Å². The number of thiophene rings is 1. The lowest BCUT2D eigenvalue weighted by Gasteiger charge is -2.09. The molecule has 2 N–H and O–H groups in total. The number of hydrogen-bond acceptors (Lipinski definition) is 3. The van der Waals surface area contributed by atoms with Gasteiger partial charge in [0.05, 0.1) is 0 Å². The van der Waals surface area contributed by atoms with Crippen LogP contribution in [0.3, 0.4) is 0 Å². The zero-order chi connectivity index (χ0) is 12.3. The Kier molecular flexibility index (Phi) is 4.68. The van der Waals surface area contributed by atoms with Gasteiger partial charge < -0.3 is 5.73 Å². The molecule has 1 aromatic carbocycles. The average Bonchev–Trinajstić information content (AvgIpc) is 2.75. The van der Waals surface area contributed by atoms with Gasteiger partial charge in [0.25, 0.3) is 0 Å². The van der Waals surface area contributed by atoms with Gasteiger partial charge in [0.2, 0.25) is 0 Å². The molecular formula is C13H14BrNS2. The SMILES string of the molecule is Cc1cc(C(N)CSc2ccc(Br)cc2)cs1. The molecule has 0 aliphatic rings. The first-order valence-electron chi connectivity index (χ1n) is 5.34. The van der Waals surface area contributed by atoms with E-state index in [2.05, 4.69) is 58.6 Å². The van der Waals surface area contributed by atoms with Crippen LogP contribution in [0.25, 0.3) is 0 Å². The van der Waals surface area contributed by atoms with E-state index in [0.29, 0.717) is 0 Å². The molecule has 0 aliphatic carbocycles. The van der Waals surface area contributed by atoms with E-state index in [0.717, 1.165) is 10.2 Å². The summed E-state index contributed by atoms with van der Waals surface area (Å²) >= 11 is 6.99. The smallest absolute Gasteiger partial charge is 0.0398 e. The van der Waals surface area contributed by atoms with E-state index in [1.54, 1.807) is 23.1 Å². The summed E-state index contributed by atoms with van der Waals surface area (Å²) in [6.45, 7) is 2.11. The molecule has 90 valence electrons. The van der Waals surface area contributed by atoms with Crippen LogP contribution >= 0.6 is 39.0 Å². The monoisotopic (exact) mass is 327 g/mol. The first-order chi connectivity index (χ1) is 8.15. The van der Waals surface area contributed by atoms with Gasteiger partial charge in [-0.1, -0.05) is 15.9 Å². The van der Waals surface area contributed by atoms with Gasteiger partial charge in [-0.05, 0) is 48.2 Å². The summed E-state index contributed by atoms with van der Waals surface area (Å²) in [4.78, 5) is 2.58. The van der Waals surface area contributed by atoms with E-state index in [1.165, 1.54) is 15.3 Å². The molecule has 2 rings (SSSR count). The molecule has 0 saturated carbocycles. The first kappa shape index (κ1) is 13.1. The Labute approximate surface area is 119 Å². The minimum atomic E-state index is 0.119. The van der Waals surface area contributed by atoms with Crippen LogP contribution in [0.4, 0.5) is 0 Å². The summed E-state index contributed by atoms with van der Waals surface area (Å²) in [5.74, 6) is 0.914. The number of halogens is 1. The molecule has 1 aromatic heterocycles. The third kappa shape index (κ3) is 3.85. The van der Waals surface area contributed by atoms with Crippen molar-refractivity contribution in [2.45, 2.75) is 17.9 Å². The zero-order valence-corrected chi connectivity index (χ0v) is 12.7. The molecule has 1 atom stereocenters. The van der Waals surface area contributed by atoms with Crippen molar-refractivity contribution in [1.29, 1.82) is 0 Å². The minimum absolute atomic E-state index is 0.119. The van der Waals surface area contributed by atoms with Gasteiger partial charge in [-0.15, -0.1) is 23.1 Å². The molecule has 4 heteroatoms. The first-order valence-corrected chi connectivity index (χ1v) is 8.00. The van der Waals surface area contributed by atoms with Gasteiger partial charge in [-0.3, -0.25) is 0 Å². The largest absolute Gasteiger partial charge is 0.323 e. The van der Waals surface area contributed by atoms with Crippen LogP contribution in [-0.2, 0) is 0 Å². The van der Waals surface area contributed by atoms with E-state index >= 15 is 0 Å². The number of rotatable bonds is 4. The van der Waals surface area contributed by atoms with E-state index < -0.39 is 0 Å². The van der Waals surface area contributed by atoms with Gasteiger partial charge in [0.1, 0.15) is 0 Å². The topological polar surface area (TPSA) is 26.0 Å². The highest BCUT2D eigenvalue weighted by molar-refractivity contribution is 9.10. The molecule has 0 spiro atoms. The fraction of sp³-hybridized carbons (Fsp3) is 0.231. The van der Waals surface area contributed by atoms with Crippen molar-refractivity contribution in [3.8, 4) is 0 Å². The third-order valence-corrected chi connectivity index (χ3v) is 4.96. The van der Waals surface area contributed by atoms with Crippen LogP contribution in [0.1, 0.15) is 16.5 Å². The molecule has 2 aromatic rings. The number of benzene rings is 1. The summed E-state index contributed by atoms with van der Waals surface area (Å²) in [6.07, 6.45) is 0. The summed E-state index contributed by atoms with van der Waals surface area (Å²) in [7, 11) is 0. The van der Waals surface area contributed by atoms with Gasteiger partial charge in [0.15, 0.2) is 0 Å². The molecule has 0 fully saturated rings.